The highest BCUT2D eigenvalue weighted by Crippen LogP contribution is 2.28. The normalized spacial score (nSPS) is 14.0. The van der Waals surface area contributed by atoms with Gasteiger partial charge in [-0.15, -0.1) is 11.3 Å². The van der Waals surface area contributed by atoms with Gasteiger partial charge in [0.25, 0.3) is 5.91 Å². The number of hydrogen-bond acceptors (Lipinski definition) is 6. The van der Waals surface area contributed by atoms with Crippen molar-refractivity contribution in [2.75, 3.05) is 20.1 Å². The lowest BCUT2D eigenvalue weighted by atomic mass is 10.0. The summed E-state index contributed by atoms with van der Waals surface area (Å²) < 4.78 is 0. The van der Waals surface area contributed by atoms with Crippen molar-refractivity contribution in [3.05, 3.63) is 58.6 Å². The Kier molecular flexibility index (Phi) is 7.79. The van der Waals surface area contributed by atoms with E-state index in [2.05, 4.69) is 33.9 Å². The number of nitrogens with one attached hydrogen (secondary N) is 2. The topological polar surface area (TPSA) is 98.1 Å². The van der Waals surface area contributed by atoms with Crippen molar-refractivity contribution in [1.82, 2.24) is 20.5 Å². The highest BCUT2D eigenvalue weighted by molar-refractivity contribution is 7.11. The Hall–Kier alpha value is -3.44. The van der Waals surface area contributed by atoms with Gasteiger partial charge in [0, 0.05) is 41.9 Å². The van der Waals surface area contributed by atoms with Gasteiger partial charge in [0.05, 0.1) is 11.8 Å². The molecule has 7 nitrogen and oxygen atoms in total. The van der Waals surface area contributed by atoms with E-state index < -0.39 is 6.04 Å². The monoisotopic (exact) mass is 449 g/mol. The number of likely N-dealkylation sites (N-methyl/N-ethyl adjacent to an activating group) is 1. The molecule has 32 heavy (non-hydrogen) atoms. The van der Waals surface area contributed by atoms with Crippen LogP contribution in [0.2, 0.25) is 0 Å². The second-order valence-electron chi connectivity index (χ2n) is 8.07. The molecule has 0 aliphatic carbocycles. The summed E-state index contributed by atoms with van der Waals surface area (Å²) in [5.41, 5.74) is 3.32. The van der Waals surface area contributed by atoms with Crippen molar-refractivity contribution in [1.29, 1.82) is 5.26 Å². The molecule has 3 rings (SSSR count). The van der Waals surface area contributed by atoms with Gasteiger partial charge in [-0.25, -0.2) is 4.98 Å². The van der Waals surface area contributed by atoms with Gasteiger partial charge < -0.3 is 15.5 Å². The molecule has 1 aliphatic heterocycles. The number of carbonyl (C=O) groups excluding carboxylic acids is 2. The van der Waals surface area contributed by atoms with Crippen molar-refractivity contribution < 1.29 is 9.59 Å². The van der Waals surface area contributed by atoms with Gasteiger partial charge in [-0.2, -0.15) is 5.26 Å². The molecule has 0 radical (unpaired) electrons. The molecule has 2 aromatic rings. The van der Waals surface area contributed by atoms with Crippen molar-refractivity contribution in [3.8, 4) is 17.3 Å². The molecular formula is C24H27N5O2S. The zero-order valence-corrected chi connectivity index (χ0v) is 19.3. The number of amides is 2. The maximum atomic E-state index is 12.7. The fourth-order valence-electron chi connectivity index (χ4n) is 3.33. The van der Waals surface area contributed by atoms with Crippen LogP contribution in [0.1, 0.15) is 35.6 Å². The molecule has 1 aromatic heterocycles. The quantitative estimate of drug-likeness (QED) is 0.602. The van der Waals surface area contributed by atoms with Crippen LogP contribution < -0.4 is 10.6 Å². The Morgan fingerprint density at radius 1 is 1.28 bits per heavy atom. The summed E-state index contributed by atoms with van der Waals surface area (Å²) in [7, 11) is 2.03. The SMILES string of the molecule is CC(C)C[C@H](NC(=O)c1ccc(-c2csc(C3=CN(C)CC=C3)n2)cc1)C(=O)NCC#N. The molecule has 0 unspecified atom stereocenters. The van der Waals surface area contributed by atoms with Crippen LogP contribution in [0.4, 0.5) is 0 Å². The predicted molar refractivity (Wildman–Crippen MR) is 127 cm³/mol. The van der Waals surface area contributed by atoms with Crippen LogP contribution in [-0.4, -0.2) is 47.9 Å². The van der Waals surface area contributed by atoms with Crippen LogP contribution in [-0.2, 0) is 4.79 Å². The van der Waals surface area contributed by atoms with Crippen molar-refractivity contribution in [2.45, 2.75) is 26.3 Å². The molecule has 0 bridgehead atoms. The lowest BCUT2D eigenvalue weighted by Crippen LogP contribution is -2.47. The molecule has 2 N–H and O–H groups in total. The van der Waals surface area contributed by atoms with Gasteiger partial charge in [-0.1, -0.05) is 38.1 Å². The Bertz CT molecular complexity index is 1060. The molecule has 0 saturated carbocycles. The van der Waals surface area contributed by atoms with E-state index in [1.807, 2.05) is 44.5 Å². The third kappa shape index (κ3) is 6.05. The first-order valence-corrected chi connectivity index (χ1v) is 11.4. The molecule has 1 atom stereocenters. The van der Waals surface area contributed by atoms with E-state index in [1.54, 1.807) is 23.5 Å². The number of thiazole rings is 1. The van der Waals surface area contributed by atoms with Crippen LogP contribution in [0.5, 0.6) is 0 Å². The van der Waals surface area contributed by atoms with Gasteiger partial charge in [0.15, 0.2) is 0 Å². The molecule has 0 fully saturated rings. The number of nitrogens with zero attached hydrogens (tertiary/aromatic N) is 3. The standard InChI is InChI=1S/C24H27N5O2S/c1-16(2)13-20(23(31)26-11-10-25)27-22(30)18-8-6-17(7-9-18)21-15-32-24(28-21)19-5-4-12-29(3)14-19/h4-9,14-16,20H,11-13H2,1-3H3,(H,26,31)(H,27,30)/t20-/m0/s1. The maximum absolute atomic E-state index is 12.7. The van der Waals surface area contributed by atoms with Gasteiger partial charge in [-0.05, 0) is 24.5 Å². The maximum Gasteiger partial charge on any atom is 0.251 e. The minimum absolute atomic E-state index is 0.0867. The van der Waals surface area contributed by atoms with E-state index >= 15 is 0 Å². The zero-order chi connectivity index (χ0) is 23.1. The van der Waals surface area contributed by atoms with Gasteiger partial charge in [0.1, 0.15) is 17.6 Å². The number of hydrogen-bond donors (Lipinski definition) is 2. The van der Waals surface area contributed by atoms with E-state index in [9.17, 15) is 9.59 Å². The first-order chi connectivity index (χ1) is 15.4. The summed E-state index contributed by atoms with van der Waals surface area (Å²) in [4.78, 5) is 31.9. The first kappa shape index (κ1) is 23.2. The smallest absolute Gasteiger partial charge is 0.251 e. The lowest BCUT2D eigenvalue weighted by Gasteiger charge is -2.19. The van der Waals surface area contributed by atoms with Crippen LogP contribution in [0.15, 0.2) is 48.0 Å². The minimum Gasteiger partial charge on any atom is -0.376 e. The van der Waals surface area contributed by atoms with E-state index in [0.29, 0.717) is 12.0 Å². The Morgan fingerprint density at radius 3 is 2.69 bits per heavy atom. The fraction of sp³-hybridized carbons (Fsp3) is 0.333. The van der Waals surface area contributed by atoms with Crippen molar-refractivity contribution in [3.63, 3.8) is 0 Å². The van der Waals surface area contributed by atoms with Gasteiger partial charge >= 0.3 is 0 Å². The molecule has 0 saturated heterocycles. The van der Waals surface area contributed by atoms with Gasteiger partial charge in [0.2, 0.25) is 5.91 Å². The average molecular weight is 450 g/mol. The van der Waals surface area contributed by atoms with E-state index in [1.165, 1.54) is 0 Å². The summed E-state index contributed by atoms with van der Waals surface area (Å²) >= 11 is 1.58. The van der Waals surface area contributed by atoms with Crippen LogP contribution in [0, 0.1) is 17.2 Å². The summed E-state index contributed by atoms with van der Waals surface area (Å²) in [6, 6.07) is 8.38. The second-order valence-corrected chi connectivity index (χ2v) is 8.93. The highest BCUT2D eigenvalue weighted by Gasteiger charge is 2.22. The third-order valence-corrected chi connectivity index (χ3v) is 5.81. The Balaban J connectivity index is 1.69. The van der Waals surface area contributed by atoms with Crippen LogP contribution >= 0.6 is 11.3 Å². The number of rotatable bonds is 8. The summed E-state index contributed by atoms with van der Waals surface area (Å²) in [5, 5.41) is 16.9. The molecule has 2 heterocycles. The number of aromatic nitrogens is 1. The molecule has 8 heteroatoms. The van der Waals surface area contributed by atoms with E-state index in [-0.39, 0.29) is 24.3 Å². The third-order valence-electron chi connectivity index (χ3n) is 4.91. The van der Waals surface area contributed by atoms with E-state index in [4.69, 9.17) is 10.2 Å². The zero-order valence-electron chi connectivity index (χ0n) is 18.5. The van der Waals surface area contributed by atoms with Crippen LogP contribution in [0.25, 0.3) is 16.8 Å². The fourth-order valence-corrected chi connectivity index (χ4v) is 4.15. The number of nitriles is 1. The lowest BCUT2D eigenvalue weighted by molar-refractivity contribution is -0.123. The summed E-state index contributed by atoms with van der Waals surface area (Å²) in [6.45, 7) is 4.76. The molecule has 1 aromatic carbocycles. The predicted octanol–water partition coefficient (Wildman–Crippen LogP) is 3.44. The molecule has 0 spiro atoms. The van der Waals surface area contributed by atoms with Crippen molar-refractivity contribution in [2.24, 2.45) is 5.92 Å². The van der Waals surface area contributed by atoms with Gasteiger partial charge in [-0.3, -0.25) is 9.59 Å². The number of allylic oxidation sites excluding steroid dienone is 2. The summed E-state index contributed by atoms with van der Waals surface area (Å²) in [5.74, 6) is -0.464. The highest BCUT2D eigenvalue weighted by atomic mass is 32.1. The molecular weight excluding hydrogens is 422 g/mol. The molecule has 166 valence electrons. The van der Waals surface area contributed by atoms with Crippen LogP contribution in [0.3, 0.4) is 0 Å². The number of carbonyl (C=O) groups is 2. The Morgan fingerprint density at radius 2 is 2.03 bits per heavy atom. The largest absolute Gasteiger partial charge is 0.376 e. The summed E-state index contributed by atoms with van der Waals surface area (Å²) in [6.07, 6.45) is 6.76. The Labute approximate surface area is 192 Å². The molecule has 2 amide bonds. The first-order valence-electron chi connectivity index (χ1n) is 10.5. The van der Waals surface area contributed by atoms with Crippen molar-refractivity contribution >= 4 is 28.7 Å². The van der Waals surface area contributed by atoms with E-state index in [0.717, 1.165) is 28.4 Å². The minimum atomic E-state index is -0.688. The molecule has 1 aliphatic rings. The second kappa shape index (κ2) is 10.7. The number of benzene rings is 1. The average Bonchev–Trinajstić information content (AvgIpc) is 3.27.